The van der Waals surface area contributed by atoms with Crippen LogP contribution in [0.4, 0.5) is 0 Å². The van der Waals surface area contributed by atoms with E-state index in [9.17, 15) is 0 Å². The average Bonchev–Trinajstić information content (AvgIpc) is 2.86. The Morgan fingerprint density at radius 1 is 0.765 bits per heavy atom. The van der Waals surface area contributed by atoms with Crippen molar-refractivity contribution in [1.29, 1.82) is 0 Å². The molecule has 0 bridgehead atoms. The third-order valence-electron chi connectivity index (χ3n) is 6.04. The van der Waals surface area contributed by atoms with E-state index in [0.717, 1.165) is 16.8 Å². The molecule has 0 aliphatic carbocycles. The van der Waals surface area contributed by atoms with Gasteiger partial charge in [0.05, 0.1) is 12.3 Å². The SMILES string of the molecule is Cc1cc(-c2ccccc2)nnc1C#CCO[Si](c1ccccc1)(c1ccccc1)C(C)(C)C. The maximum Gasteiger partial charge on any atom is 0.262 e. The zero-order valence-electron chi connectivity index (χ0n) is 20.2. The molecular weight excluding hydrogens is 432 g/mol. The zero-order chi connectivity index (χ0) is 24.0. The summed E-state index contributed by atoms with van der Waals surface area (Å²) in [7, 11) is -2.59. The van der Waals surface area contributed by atoms with Crippen LogP contribution in [0.2, 0.25) is 5.04 Å². The summed E-state index contributed by atoms with van der Waals surface area (Å²) in [6.45, 7) is 9.16. The van der Waals surface area contributed by atoms with E-state index in [1.807, 2.05) is 43.3 Å². The fourth-order valence-corrected chi connectivity index (χ4v) is 8.83. The van der Waals surface area contributed by atoms with Crippen LogP contribution in [0.25, 0.3) is 11.3 Å². The molecular formula is C30H30N2OSi. The van der Waals surface area contributed by atoms with Gasteiger partial charge < -0.3 is 4.43 Å². The van der Waals surface area contributed by atoms with Gasteiger partial charge >= 0.3 is 0 Å². The van der Waals surface area contributed by atoms with Gasteiger partial charge in [0.25, 0.3) is 8.32 Å². The smallest absolute Gasteiger partial charge is 0.262 e. The fraction of sp³-hybridized carbons (Fsp3) is 0.200. The number of benzene rings is 3. The first-order valence-electron chi connectivity index (χ1n) is 11.6. The van der Waals surface area contributed by atoms with Gasteiger partial charge in [-0.2, -0.15) is 0 Å². The molecule has 34 heavy (non-hydrogen) atoms. The monoisotopic (exact) mass is 462 g/mol. The van der Waals surface area contributed by atoms with Crippen molar-refractivity contribution in [1.82, 2.24) is 10.2 Å². The molecule has 3 aromatic carbocycles. The van der Waals surface area contributed by atoms with Crippen LogP contribution >= 0.6 is 0 Å². The summed E-state index contributed by atoms with van der Waals surface area (Å²) >= 11 is 0. The van der Waals surface area contributed by atoms with E-state index in [2.05, 4.69) is 103 Å². The Morgan fingerprint density at radius 2 is 1.29 bits per heavy atom. The molecule has 0 saturated heterocycles. The molecule has 0 spiro atoms. The Morgan fingerprint density at radius 3 is 1.79 bits per heavy atom. The van der Waals surface area contributed by atoms with Crippen molar-refractivity contribution in [2.75, 3.05) is 6.61 Å². The first-order chi connectivity index (χ1) is 16.4. The Labute approximate surface area is 204 Å². The predicted octanol–water partition coefficient (Wildman–Crippen LogP) is 5.38. The second-order valence-corrected chi connectivity index (χ2v) is 13.7. The molecule has 0 radical (unpaired) electrons. The molecule has 0 unspecified atom stereocenters. The highest BCUT2D eigenvalue weighted by Gasteiger charge is 2.49. The predicted molar refractivity (Wildman–Crippen MR) is 143 cm³/mol. The van der Waals surface area contributed by atoms with Crippen molar-refractivity contribution in [2.45, 2.75) is 32.7 Å². The Hall–Kier alpha value is -3.52. The number of aryl methyl sites for hydroxylation is 1. The normalized spacial score (nSPS) is 11.5. The minimum Gasteiger partial charge on any atom is -0.396 e. The Bertz CT molecular complexity index is 1250. The number of nitrogens with zero attached hydrogens (tertiary/aromatic N) is 2. The lowest BCUT2D eigenvalue weighted by Crippen LogP contribution is -2.66. The molecule has 0 aliphatic rings. The Kier molecular flexibility index (Phi) is 7.07. The van der Waals surface area contributed by atoms with Crippen molar-refractivity contribution in [2.24, 2.45) is 0 Å². The summed E-state index contributed by atoms with van der Waals surface area (Å²) < 4.78 is 6.84. The minimum atomic E-state index is -2.59. The van der Waals surface area contributed by atoms with Gasteiger partial charge in [-0.05, 0) is 39.9 Å². The van der Waals surface area contributed by atoms with Crippen LogP contribution in [-0.4, -0.2) is 25.1 Å². The highest BCUT2D eigenvalue weighted by atomic mass is 28.4. The highest BCUT2D eigenvalue weighted by molar-refractivity contribution is 6.99. The van der Waals surface area contributed by atoms with Crippen LogP contribution < -0.4 is 10.4 Å². The van der Waals surface area contributed by atoms with Gasteiger partial charge in [-0.1, -0.05) is 118 Å². The number of rotatable bonds is 5. The molecule has 3 nitrogen and oxygen atoms in total. The topological polar surface area (TPSA) is 35.0 Å². The maximum atomic E-state index is 6.84. The zero-order valence-corrected chi connectivity index (χ0v) is 21.2. The molecule has 4 rings (SSSR count). The summed E-state index contributed by atoms with van der Waals surface area (Å²) in [4.78, 5) is 0. The lowest BCUT2D eigenvalue weighted by atomic mass is 10.1. The van der Waals surface area contributed by atoms with E-state index < -0.39 is 8.32 Å². The summed E-state index contributed by atoms with van der Waals surface area (Å²) in [6.07, 6.45) is 0. The minimum absolute atomic E-state index is 0.0789. The summed E-state index contributed by atoms with van der Waals surface area (Å²) in [5.74, 6) is 6.42. The van der Waals surface area contributed by atoms with Crippen LogP contribution in [-0.2, 0) is 4.43 Å². The molecule has 0 aliphatic heterocycles. The van der Waals surface area contributed by atoms with Gasteiger partial charge in [0.1, 0.15) is 5.69 Å². The first kappa shape index (κ1) is 23.6. The fourth-order valence-electron chi connectivity index (χ4n) is 4.38. The molecule has 0 N–H and O–H groups in total. The van der Waals surface area contributed by atoms with Crippen LogP contribution in [0.15, 0.2) is 97.1 Å². The number of aromatic nitrogens is 2. The number of hydrogen-bond acceptors (Lipinski definition) is 3. The van der Waals surface area contributed by atoms with Crippen LogP contribution in [0.1, 0.15) is 32.0 Å². The van der Waals surface area contributed by atoms with E-state index >= 15 is 0 Å². The third-order valence-corrected chi connectivity index (χ3v) is 11.0. The molecule has 0 atom stereocenters. The molecule has 170 valence electrons. The molecule has 4 heteroatoms. The van der Waals surface area contributed by atoms with Crippen molar-refractivity contribution < 1.29 is 4.43 Å². The average molecular weight is 463 g/mol. The lowest BCUT2D eigenvalue weighted by molar-refractivity contribution is 0.346. The second-order valence-electron chi connectivity index (χ2n) is 9.38. The maximum absolute atomic E-state index is 6.84. The van der Waals surface area contributed by atoms with Crippen LogP contribution in [0.5, 0.6) is 0 Å². The summed E-state index contributed by atoms with van der Waals surface area (Å²) in [5.41, 5.74) is 3.59. The van der Waals surface area contributed by atoms with Gasteiger partial charge in [-0.25, -0.2) is 0 Å². The standard InChI is InChI=1S/C30H30N2OSi/c1-24-23-29(25-15-8-5-9-16-25)32-31-28(24)21-14-22-33-34(30(2,3)4,26-17-10-6-11-18-26)27-19-12-7-13-20-27/h5-13,15-20,23H,22H2,1-4H3. The van der Waals surface area contributed by atoms with E-state index in [4.69, 9.17) is 4.43 Å². The summed E-state index contributed by atoms with van der Waals surface area (Å²) in [5, 5.41) is 11.2. The quantitative estimate of drug-likeness (QED) is 0.295. The van der Waals surface area contributed by atoms with Gasteiger partial charge in [0.2, 0.25) is 0 Å². The van der Waals surface area contributed by atoms with Gasteiger partial charge in [0.15, 0.2) is 0 Å². The van der Waals surface area contributed by atoms with Crippen molar-refractivity contribution >= 4 is 18.7 Å². The Balaban J connectivity index is 1.63. The number of hydrogen-bond donors (Lipinski definition) is 0. The van der Waals surface area contributed by atoms with E-state index in [1.165, 1.54) is 10.4 Å². The molecule has 4 aromatic rings. The van der Waals surface area contributed by atoms with Crippen LogP contribution in [0.3, 0.4) is 0 Å². The summed E-state index contributed by atoms with van der Waals surface area (Å²) in [6, 6.07) is 33.3. The largest absolute Gasteiger partial charge is 0.396 e. The first-order valence-corrected chi connectivity index (χ1v) is 13.5. The van der Waals surface area contributed by atoms with Crippen molar-refractivity contribution in [3.8, 4) is 23.1 Å². The highest BCUT2D eigenvalue weighted by Crippen LogP contribution is 2.36. The van der Waals surface area contributed by atoms with E-state index in [1.54, 1.807) is 0 Å². The van der Waals surface area contributed by atoms with Crippen molar-refractivity contribution in [3.63, 3.8) is 0 Å². The molecule has 1 heterocycles. The van der Waals surface area contributed by atoms with Gasteiger partial charge in [-0.3, -0.25) is 0 Å². The lowest BCUT2D eigenvalue weighted by Gasteiger charge is -2.42. The second kappa shape index (κ2) is 10.2. The van der Waals surface area contributed by atoms with Crippen LogP contribution in [0, 0.1) is 18.8 Å². The van der Waals surface area contributed by atoms with Crippen molar-refractivity contribution in [3.05, 3.63) is 108 Å². The van der Waals surface area contributed by atoms with Gasteiger partial charge in [-0.15, -0.1) is 10.2 Å². The van der Waals surface area contributed by atoms with E-state index in [0.29, 0.717) is 12.3 Å². The third kappa shape index (κ3) is 4.87. The van der Waals surface area contributed by atoms with Gasteiger partial charge in [0, 0.05) is 5.56 Å². The molecule has 0 amide bonds. The van der Waals surface area contributed by atoms with E-state index in [-0.39, 0.29) is 5.04 Å². The molecule has 0 saturated carbocycles. The molecule has 0 fully saturated rings. The molecule has 1 aromatic heterocycles.